The number of hydrogen-bond acceptors (Lipinski definition) is 11. The van der Waals surface area contributed by atoms with Gasteiger partial charge < -0.3 is 24.8 Å². The van der Waals surface area contributed by atoms with E-state index < -0.39 is 30.0 Å². The van der Waals surface area contributed by atoms with Crippen molar-refractivity contribution in [1.82, 2.24) is 48.6 Å². The fraction of sp³-hybridized carbons (Fsp3) is 0.587. The number of imidazole rings is 1. The average Bonchev–Trinajstić information content (AvgIpc) is 4.01. The van der Waals surface area contributed by atoms with Crippen LogP contribution >= 0.6 is 0 Å². The van der Waals surface area contributed by atoms with Gasteiger partial charge in [0.15, 0.2) is 11.3 Å². The van der Waals surface area contributed by atoms with Crippen LogP contribution in [0.15, 0.2) is 47.7 Å². The smallest absolute Gasteiger partial charge is 0.329 e. The van der Waals surface area contributed by atoms with Crippen molar-refractivity contribution in [3.05, 3.63) is 70.2 Å². The molecule has 2 N–H and O–H groups in total. The number of morpholine rings is 1. The number of nitrogens with zero attached hydrogens (tertiary/aromatic N) is 10. The third-order valence-corrected chi connectivity index (χ3v) is 16.1. The molecule has 4 saturated heterocycles. The van der Waals surface area contributed by atoms with Crippen LogP contribution in [0.1, 0.15) is 104 Å². The largest absolute Gasteiger partial charge is 0.374 e. The van der Waals surface area contributed by atoms with Crippen LogP contribution in [0.25, 0.3) is 16.7 Å². The fourth-order valence-electron chi connectivity index (χ4n) is 12.6. The lowest BCUT2D eigenvalue weighted by molar-refractivity contribution is -0.135. The molecule has 17 nitrogen and oxygen atoms in total. The Balaban J connectivity index is 0.628. The summed E-state index contributed by atoms with van der Waals surface area (Å²) in [4.78, 5) is 63.8. The van der Waals surface area contributed by atoms with Gasteiger partial charge in [0.2, 0.25) is 11.8 Å². The maximum atomic E-state index is 14.3. The van der Waals surface area contributed by atoms with Crippen LogP contribution in [-0.2, 0) is 21.4 Å². The fourth-order valence-corrected chi connectivity index (χ4v) is 12.6. The van der Waals surface area contributed by atoms with E-state index in [0.717, 1.165) is 101 Å². The molecular formula is C46H54F2N12O5. The van der Waals surface area contributed by atoms with Crippen LogP contribution < -0.4 is 21.2 Å². The summed E-state index contributed by atoms with van der Waals surface area (Å²) in [5.41, 5.74) is 3.10. The lowest BCUT2D eigenvalue weighted by Crippen LogP contribution is -2.50. The van der Waals surface area contributed by atoms with Gasteiger partial charge >= 0.3 is 5.69 Å². The minimum atomic E-state index is -2.85. The van der Waals surface area contributed by atoms with E-state index in [-0.39, 0.29) is 47.5 Å². The van der Waals surface area contributed by atoms with Crippen LogP contribution in [-0.4, -0.2) is 126 Å². The minimum Gasteiger partial charge on any atom is -0.374 e. The molecule has 3 saturated carbocycles. The normalized spacial score (nSPS) is 30.3. The van der Waals surface area contributed by atoms with Gasteiger partial charge in [0.25, 0.3) is 12.3 Å². The summed E-state index contributed by atoms with van der Waals surface area (Å²) in [5.74, 6) is 0.972. The number of halogens is 2. The predicted octanol–water partition coefficient (Wildman–Crippen LogP) is 4.27. The van der Waals surface area contributed by atoms with Crippen molar-refractivity contribution < 1.29 is 27.9 Å². The summed E-state index contributed by atoms with van der Waals surface area (Å²) in [7, 11) is 1.79. The van der Waals surface area contributed by atoms with Crippen molar-refractivity contribution in [2.75, 3.05) is 62.6 Å². The first kappa shape index (κ1) is 40.9. The Hall–Kier alpha value is -5.53. The van der Waals surface area contributed by atoms with Crippen molar-refractivity contribution >= 4 is 45.9 Å². The highest BCUT2D eigenvalue weighted by Gasteiger charge is 2.67. The molecule has 2 unspecified atom stereocenters. The third-order valence-electron chi connectivity index (χ3n) is 16.1. The number of aromatic nitrogens is 7. The monoisotopic (exact) mass is 892 g/mol. The highest BCUT2D eigenvalue weighted by atomic mass is 19.3. The summed E-state index contributed by atoms with van der Waals surface area (Å²) >= 11 is 0. The van der Waals surface area contributed by atoms with Crippen LogP contribution in [0.4, 0.5) is 20.3 Å². The van der Waals surface area contributed by atoms with Crippen molar-refractivity contribution in [3.63, 3.8) is 0 Å². The number of benzene rings is 1. The number of imide groups is 1. The number of piperazine rings is 1. The molecule has 6 atom stereocenters. The molecular weight excluding hydrogens is 839 g/mol. The molecule has 8 heterocycles. The number of anilines is 2. The Morgan fingerprint density at radius 3 is 2.57 bits per heavy atom. The van der Waals surface area contributed by atoms with Gasteiger partial charge in [-0.25, -0.2) is 23.1 Å². The molecule has 0 radical (unpaired) electrons. The van der Waals surface area contributed by atoms with Gasteiger partial charge in [-0.3, -0.25) is 33.5 Å². The Morgan fingerprint density at radius 1 is 1.02 bits per heavy atom. The topological polar surface area (TPSA) is 169 Å². The molecule has 4 aromatic heterocycles. The van der Waals surface area contributed by atoms with Gasteiger partial charge in [0, 0.05) is 71.7 Å². The summed E-state index contributed by atoms with van der Waals surface area (Å²) < 4.78 is 40.9. The second-order valence-corrected chi connectivity index (χ2v) is 19.9. The molecule has 19 heteroatoms. The molecule has 7 fully saturated rings. The Bertz CT molecular complexity index is 2780. The van der Waals surface area contributed by atoms with Crippen LogP contribution in [0.2, 0.25) is 0 Å². The number of amides is 3. The number of hydrogen-bond donors (Lipinski definition) is 2. The number of ether oxygens (including phenoxy) is 1. The van der Waals surface area contributed by atoms with Crippen LogP contribution in [0.5, 0.6) is 0 Å². The Kier molecular flexibility index (Phi) is 9.79. The number of aryl methyl sites for hydroxylation is 1. The molecule has 12 rings (SSSR count). The van der Waals surface area contributed by atoms with E-state index in [9.17, 15) is 28.0 Å². The van der Waals surface area contributed by atoms with Crippen molar-refractivity contribution in [2.24, 2.45) is 24.3 Å². The third kappa shape index (κ3) is 6.98. The number of rotatable bonds is 11. The van der Waals surface area contributed by atoms with Gasteiger partial charge in [0.1, 0.15) is 17.4 Å². The highest BCUT2D eigenvalue weighted by Crippen LogP contribution is 2.74. The maximum Gasteiger partial charge on any atom is 0.329 e. The summed E-state index contributed by atoms with van der Waals surface area (Å²) in [6, 6.07) is 7.48. The zero-order valence-electron chi connectivity index (χ0n) is 36.5. The number of carbonyl (C=O) groups is 3. The van der Waals surface area contributed by atoms with E-state index in [2.05, 4.69) is 41.6 Å². The first-order valence-electron chi connectivity index (χ1n) is 23.4. The molecule has 3 amide bonds. The summed E-state index contributed by atoms with van der Waals surface area (Å²) in [6.07, 6.45) is 9.50. The first-order valence-corrected chi connectivity index (χ1v) is 23.4. The molecule has 65 heavy (non-hydrogen) atoms. The molecule has 4 aliphatic heterocycles. The van der Waals surface area contributed by atoms with Gasteiger partial charge in [-0.2, -0.15) is 10.2 Å². The number of piperidine rings is 1. The van der Waals surface area contributed by atoms with Crippen LogP contribution in [0.3, 0.4) is 0 Å². The Morgan fingerprint density at radius 2 is 1.83 bits per heavy atom. The van der Waals surface area contributed by atoms with E-state index in [1.54, 1.807) is 33.3 Å². The van der Waals surface area contributed by atoms with Crippen molar-refractivity contribution in [1.29, 1.82) is 0 Å². The summed E-state index contributed by atoms with van der Waals surface area (Å²) in [6.45, 7) is 7.64. The van der Waals surface area contributed by atoms with Crippen LogP contribution in [0, 0.1) is 17.3 Å². The number of alkyl halides is 2. The van der Waals surface area contributed by atoms with Gasteiger partial charge in [0.05, 0.1) is 47.7 Å². The zero-order valence-corrected chi connectivity index (χ0v) is 36.5. The lowest BCUT2D eigenvalue weighted by atomic mass is 9.70. The van der Waals surface area contributed by atoms with E-state index in [1.807, 2.05) is 18.2 Å². The first-order chi connectivity index (χ1) is 31.5. The molecule has 342 valence electrons. The van der Waals surface area contributed by atoms with E-state index in [0.29, 0.717) is 41.8 Å². The van der Waals surface area contributed by atoms with E-state index in [1.165, 1.54) is 22.7 Å². The average molecular weight is 893 g/mol. The molecule has 0 spiro atoms. The van der Waals surface area contributed by atoms with Crippen molar-refractivity contribution in [3.8, 4) is 0 Å². The highest BCUT2D eigenvalue weighted by molar-refractivity contribution is 6.08. The number of fused-ring (bicyclic) bond motifs is 5. The quantitative estimate of drug-likeness (QED) is 0.182. The van der Waals surface area contributed by atoms with E-state index >= 15 is 0 Å². The van der Waals surface area contributed by atoms with Gasteiger partial charge in [-0.05, 0) is 92.2 Å². The number of carbonyl (C=O) groups excluding carboxylic acids is 3. The van der Waals surface area contributed by atoms with Gasteiger partial charge in [-0.1, -0.05) is 12.1 Å². The second-order valence-electron chi connectivity index (χ2n) is 19.9. The van der Waals surface area contributed by atoms with Crippen molar-refractivity contribution in [2.45, 2.75) is 94.4 Å². The number of nitrogens with one attached hydrogen (secondary N) is 2. The minimum absolute atomic E-state index is 0.00928. The second kappa shape index (κ2) is 15.5. The molecule has 1 aromatic carbocycles. The lowest BCUT2D eigenvalue weighted by Gasteiger charge is -2.42. The Labute approximate surface area is 373 Å². The van der Waals surface area contributed by atoms with E-state index in [4.69, 9.17) is 9.72 Å². The van der Waals surface area contributed by atoms with Gasteiger partial charge in [-0.15, -0.1) is 0 Å². The number of para-hydroxylation sites is 1. The maximum absolute atomic E-state index is 14.3. The molecule has 5 aromatic rings. The SMILES string of the molecule is Cn1c(=O)n(C2CCC(=O)NC2=O)c2cccc([C@H]3C[C@]4(CN5CCN(CC6CCC(n7cc(NC(=O)c8cnn9ccc(N%10C[C@H]%11C[C@@H]%10CO%11)nc89)c(C(F)F)n7)CC6)CC5)CC34)c21. The zero-order chi connectivity index (χ0) is 44.3. The summed E-state index contributed by atoms with van der Waals surface area (Å²) in [5, 5.41) is 13.7. The molecule has 3 aliphatic carbocycles. The predicted molar refractivity (Wildman–Crippen MR) is 234 cm³/mol. The molecule has 2 bridgehead atoms. The molecule has 7 aliphatic rings. The standard InChI is InChI=1S/C46H54F2N12O5/c1-54-40-30(3-2-4-35(40)60(45(54)64)36-9-10-38(61)52-44(36)63)31-18-46(19-33(31)46)25-56-15-13-55(14-16-56)21-26-5-7-27(8-6-26)59-23-34(39(53-59)41(47)48)50-43(62)32-20-49-58-12-11-37(51-42(32)58)57-22-29-17-28(57)24-65-29/h2-4,11-12,20,23,26-29,31,33,36,41H,5-10,13-19,21-22,24-25H2,1H3,(H,50,62)(H,52,61,63)/t26?,27?,28-,29-,31-,33?,36?,46-/m1/s1.